The van der Waals surface area contributed by atoms with Crippen LogP contribution >= 0.6 is 0 Å². The summed E-state index contributed by atoms with van der Waals surface area (Å²) in [6.07, 6.45) is -2.22. The number of hydrogen-bond donors (Lipinski definition) is 0. The third kappa shape index (κ3) is 5.72. The van der Waals surface area contributed by atoms with Crippen LogP contribution < -0.4 is 0 Å². The van der Waals surface area contributed by atoms with Crippen LogP contribution in [-0.4, -0.2) is 46.5 Å². The van der Waals surface area contributed by atoms with E-state index in [0.717, 1.165) is 11.1 Å². The fourth-order valence-corrected chi connectivity index (χ4v) is 5.12. The summed E-state index contributed by atoms with van der Waals surface area (Å²) in [6, 6.07) is 12.0. The summed E-state index contributed by atoms with van der Waals surface area (Å²) >= 11 is -2.18. The van der Waals surface area contributed by atoms with E-state index in [4.69, 9.17) is 16.7 Å². The number of aryl methyl sites for hydroxylation is 2. The van der Waals surface area contributed by atoms with Gasteiger partial charge in [-0.15, -0.1) is 0 Å². The van der Waals surface area contributed by atoms with Gasteiger partial charge in [0.2, 0.25) is 0 Å². The van der Waals surface area contributed by atoms with Gasteiger partial charge in [0, 0.05) is 0 Å². The van der Waals surface area contributed by atoms with E-state index >= 15 is 0 Å². The molecule has 0 amide bonds. The summed E-state index contributed by atoms with van der Waals surface area (Å²) in [5.74, 6) is 0. The highest BCUT2D eigenvalue weighted by Crippen LogP contribution is 2.23. The second-order valence-electron chi connectivity index (χ2n) is 6.58. The highest BCUT2D eigenvalue weighted by atomic mass is 32.2. The Morgan fingerprint density at radius 2 is 1.07 bits per heavy atom. The molecule has 0 saturated carbocycles. The molecule has 0 spiro atoms. The molecule has 1 fully saturated rings. The maximum Gasteiger partial charge on any atom is 0.305 e. The van der Waals surface area contributed by atoms with Gasteiger partial charge in [0.05, 0.1) is 23.0 Å². The largest absolute Gasteiger partial charge is 0.305 e. The first kappa shape index (κ1) is 23.0. The highest BCUT2D eigenvalue weighted by Gasteiger charge is 2.38. The molecular formula is C18H20O9S3. The van der Waals surface area contributed by atoms with Gasteiger partial charge < -0.3 is 0 Å². The molecule has 0 N–H and O–H groups in total. The van der Waals surface area contributed by atoms with Crippen molar-refractivity contribution in [3.63, 3.8) is 0 Å². The molecule has 2 aromatic carbocycles. The molecule has 0 bridgehead atoms. The second kappa shape index (κ2) is 9.22. The van der Waals surface area contributed by atoms with Crippen molar-refractivity contribution in [2.75, 3.05) is 13.2 Å². The molecular weight excluding hydrogens is 456 g/mol. The number of rotatable bonds is 8. The molecule has 9 nitrogen and oxygen atoms in total. The van der Waals surface area contributed by atoms with Gasteiger partial charge in [0.15, 0.2) is 0 Å². The maximum absolute atomic E-state index is 12.3. The van der Waals surface area contributed by atoms with Crippen molar-refractivity contribution in [2.45, 2.75) is 35.8 Å². The van der Waals surface area contributed by atoms with Crippen LogP contribution in [-0.2, 0) is 48.3 Å². The van der Waals surface area contributed by atoms with Crippen LogP contribution in [0, 0.1) is 13.8 Å². The number of benzene rings is 2. The first-order chi connectivity index (χ1) is 14.1. The summed E-state index contributed by atoms with van der Waals surface area (Å²) < 4.78 is 80.7. The van der Waals surface area contributed by atoms with Crippen LogP contribution in [0.4, 0.5) is 0 Å². The van der Waals surface area contributed by atoms with E-state index in [1.165, 1.54) is 24.3 Å². The van der Waals surface area contributed by atoms with Crippen LogP contribution in [0.1, 0.15) is 11.1 Å². The van der Waals surface area contributed by atoms with Crippen molar-refractivity contribution in [2.24, 2.45) is 0 Å². The molecule has 3 rings (SSSR count). The Hall–Kier alpha value is -1.67. The zero-order valence-electron chi connectivity index (χ0n) is 16.1. The molecule has 3 atom stereocenters. The molecule has 1 aliphatic heterocycles. The van der Waals surface area contributed by atoms with E-state index in [2.05, 4.69) is 0 Å². The van der Waals surface area contributed by atoms with E-state index in [1.807, 2.05) is 13.8 Å². The van der Waals surface area contributed by atoms with Crippen molar-refractivity contribution in [1.82, 2.24) is 0 Å². The van der Waals surface area contributed by atoms with E-state index in [1.54, 1.807) is 24.3 Å². The predicted octanol–water partition coefficient (Wildman–Crippen LogP) is 1.78. The summed E-state index contributed by atoms with van der Waals surface area (Å²) in [4.78, 5) is -0.106. The molecule has 1 saturated heterocycles. The monoisotopic (exact) mass is 476 g/mol. The Balaban J connectivity index is 1.63. The minimum absolute atomic E-state index is 0.0529. The van der Waals surface area contributed by atoms with Gasteiger partial charge in [0.1, 0.15) is 12.2 Å². The molecule has 1 aliphatic rings. The third-order valence-corrected chi connectivity index (χ3v) is 7.61. The van der Waals surface area contributed by atoms with E-state index in [0.29, 0.717) is 0 Å². The Kier molecular flexibility index (Phi) is 7.07. The second-order valence-corrected chi connectivity index (χ2v) is 10.6. The smallest absolute Gasteiger partial charge is 0.263 e. The van der Waals surface area contributed by atoms with E-state index < -0.39 is 57.0 Å². The van der Waals surface area contributed by atoms with Crippen molar-refractivity contribution in [3.8, 4) is 0 Å². The highest BCUT2D eigenvalue weighted by molar-refractivity contribution is 7.87. The average molecular weight is 477 g/mol. The van der Waals surface area contributed by atoms with E-state index in [-0.39, 0.29) is 9.79 Å². The van der Waals surface area contributed by atoms with Gasteiger partial charge in [-0.25, -0.2) is 0 Å². The maximum atomic E-state index is 12.3. The third-order valence-electron chi connectivity index (χ3n) is 4.21. The average Bonchev–Trinajstić information content (AvgIpc) is 3.05. The summed E-state index contributed by atoms with van der Waals surface area (Å²) in [5, 5.41) is 0. The molecule has 12 heteroatoms. The van der Waals surface area contributed by atoms with Crippen LogP contribution in [0.15, 0.2) is 58.3 Å². The van der Waals surface area contributed by atoms with Crippen molar-refractivity contribution in [3.05, 3.63) is 59.7 Å². The number of hydrogen-bond acceptors (Lipinski definition) is 9. The van der Waals surface area contributed by atoms with Crippen LogP contribution in [0.2, 0.25) is 0 Å². The molecule has 164 valence electrons. The molecule has 2 aromatic rings. The minimum Gasteiger partial charge on any atom is -0.263 e. The lowest BCUT2D eigenvalue weighted by Crippen LogP contribution is -2.33. The summed E-state index contributed by atoms with van der Waals surface area (Å²) in [7, 11) is -8.18. The Morgan fingerprint density at radius 3 is 1.40 bits per heavy atom. The van der Waals surface area contributed by atoms with Crippen LogP contribution in [0.25, 0.3) is 0 Å². The molecule has 30 heavy (non-hydrogen) atoms. The Labute approximate surface area is 178 Å². The lowest BCUT2D eigenvalue weighted by molar-refractivity contribution is 0.0707. The van der Waals surface area contributed by atoms with Gasteiger partial charge in [-0.05, 0) is 38.1 Å². The van der Waals surface area contributed by atoms with Crippen LogP contribution in [0.3, 0.4) is 0 Å². The lowest BCUT2D eigenvalue weighted by Gasteiger charge is -2.15. The first-order valence-corrected chi connectivity index (χ1v) is 12.6. The fourth-order valence-electron chi connectivity index (χ4n) is 2.48. The molecule has 1 unspecified atom stereocenters. The van der Waals surface area contributed by atoms with Gasteiger partial charge >= 0.3 is 11.4 Å². The van der Waals surface area contributed by atoms with Gasteiger partial charge in [-0.3, -0.25) is 16.7 Å². The van der Waals surface area contributed by atoms with Crippen LogP contribution in [0.5, 0.6) is 0 Å². The normalized spacial score (nSPS) is 22.3. The summed E-state index contributed by atoms with van der Waals surface area (Å²) in [6.45, 7) is 2.57. The summed E-state index contributed by atoms with van der Waals surface area (Å²) in [5.41, 5.74) is 1.76. The van der Waals surface area contributed by atoms with Gasteiger partial charge in [0.25, 0.3) is 20.2 Å². The van der Waals surface area contributed by atoms with Crippen molar-refractivity contribution < 1.29 is 37.8 Å². The lowest BCUT2D eigenvalue weighted by atomic mass is 10.2. The first-order valence-electron chi connectivity index (χ1n) is 8.75. The Morgan fingerprint density at radius 1 is 0.733 bits per heavy atom. The fraction of sp³-hybridized carbons (Fsp3) is 0.333. The Bertz CT molecular complexity index is 1020. The standard InChI is InChI=1S/C18H20O9S3/c1-13-3-7-15(8-4-13)29(20,21)24-11-17-18(27-28(19)26-17)12-25-30(22,23)16-9-5-14(2)6-10-16/h3-10,17-18H,11-12H2,1-2H3/t17-,18+,28?. The van der Waals surface area contributed by atoms with Gasteiger partial charge in [-0.1, -0.05) is 35.4 Å². The van der Waals surface area contributed by atoms with Crippen molar-refractivity contribution >= 4 is 31.6 Å². The van der Waals surface area contributed by atoms with Gasteiger partial charge in [-0.2, -0.15) is 21.0 Å². The molecule has 1 heterocycles. The zero-order chi connectivity index (χ0) is 21.9. The minimum atomic E-state index is -4.09. The SMILES string of the molecule is Cc1ccc(S(=O)(=O)OC[C@@H]2OS(=O)O[C@@H]2COS(=O)(=O)c2ccc(C)cc2)cc1. The molecule has 0 radical (unpaired) electrons. The molecule has 0 aromatic heterocycles. The topological polar surface area (TPSA) is 122 Å². The predicted molar refractivity (Wildman–Crippen MR) is 107 cm³/mol. The van der Waals surface area contributed by atoms with Crippen molar-refractivity contribution in [1.29, 1.82) is 0 Å². The quantitative estimate of drug-likeness (QED) is 0.525. The molecule has 0 aliphatic carbocycles. The van der Waals surface area contributed by atoms with E-state index in [9.17, 15) is 21.0 Å². The zero-order valence-corrected chi connectivity index (χ0v) is 18.5.